The summed E-state index contributed by atoms with van der Waals surface area (Å²) < 4.78 is 43.1. The van der Waals surface area contributed by atoms with Crippen LogP contribution in [0.3, 0.4) is 0 Å². The molecule has 0 spiro atoms. The molecule has 0 radical (unpaired) electrons. The zero-order valence-corrected chi connectivity index (χ0v) is 15.9. The summed E-state index contributed by atoms with van der Waals surface area (Å²) in [5, 5.41) is 1.89. The fourth-order valence-electron chi connectivity index (χ4n) is 3.14. The number of hydrogen-bond donors (Lipinski definition) is 0. The van der Waals surface area contributed by atoms with Gasteiger partial charge in [0.05, 0.1) is 19.6 Å². The predicted molar refractivity (Wildman–Crippen MR) is 99.2 cm³/mol. The van der Waals surface area contributed by atoms with E-state index in [4.69, 9.17) is 4.74 Å². The van der Waals surface area contributed by atoms with Crippen LogP contribution in [0, 0.1) is 5.92 Å². The van der Waals surface area contributed by atoms with Gasteiger partial charge in [0.25, 0.3) is 0 Å². The van der Waals surface area contributed by atoms with E-state index in [2.05, 4.69) is 0 Å². The lowest BCUT2D eigenvalue weighted by molar-refractivity contribution is -0.157. The average Bonchev–Trinajstić information content (AvgIpc) is 3.28. The summed E-state index contributed by atoms with van der Waals surface area (Å²) in [7, 11) is 1.53. The third kappa shape index (κ3) is 4.83. The minimum atomic E-state index is -4.49. The molecule has 1 fully saturated rings. The van der Waals surface area contributed by atoms with Gasteiger partial charge in [-0.25, -0.2) is 0 Å². The number of ether oxygens (including phenoxy) is 1. The molecule has 0 N–H and O–H groups in total. The molecule has 28 heavy (non-hydrogen) atoms. The van der Waals surface area contributed by atoms with Crippen molar-refractivity contribution >= 4 is 28.8 Å². The van der Waals surface area contributed by atoms with Gasteiger partial charge >= 0.3 is 6.18 Å². The van der Waals surface area contributed by atoms with Gasteiger partial charge in [-0.05, 0) is 35.7 Å². The van der Waals surface area contributed by atoms with Crippen molar-refractivity contribution in [2.45, 2.75) is 19.1 Å². The van der Waals surface area contributed by atoms with Crippen molar-refractivity contribution in [3.63, 3.8) is 0 Å². The predicted octanol–water partition coefficient (Wildman–Crippen LogP) is 3.70. The van der Waals surface area contributed by atoms with E-state index in [0.717, 1.165) is 4.88 Å². The Morgan fingerprint density at radius 2 is 2.00 bits per heavy atom. The Labute approximate surface area is 164 Å². The summed E-state index contributed by atoms with van der Waals surface area (Å²) >= 11 is 1.48. The molecule has 1 aliphatic rings. The summed E-state index contributed by atoms with van der Waals surface area (Å²) in [5.41, 5.74) is 0.598. The molecule has 1 aromatic carbocycles. The van der Waals surface area contributed by atoms with Gasteiger partial charge < -0.3 is 14.5 Å². The van der Waals surface area contributed by atoms with E-state index in [1.807, 2.05) is 17.5 Å². The van der Waals surface area contributed by atoms with Crippen LogP contribution in [-0.4, -0.2) is 43.1 Å². The van der Waals surface area contributed by atoms with E-state index in [1.165, 1.54) is 23.3 Å². The molecule has 1 aromatic heterocycles. The topological polar surface area (TPSA) is 49.9 Å². The molecular weight excluding hydrogens is 393 g/mol. The highest BCUT2D eigenvalue weighted by Gasteiger charge is 2.42. The molecule has 2 aromatic rings. The molecule has 150 valence electrons. The van der Waals surface area contributed by atoms with E-state index in [1.54, 1.807) is 24.3 Å². The van der Waals surface area contributed by atoms with Crippen molar-refractivity contribution < 1.29 is 27.5 Å². The van der Waals surface area contributed by atoms with Crippen molar-refractivity contribution in [2.24, 2.45) is 5.92 Å². The van der Waals surface area contributed by atoms with Crippen LogP contribution in [0.4, 0.5) is 18.9 Å². The molecule has 0 bridgehead atoms. The zero-order chi connectivity index (χ0) is 20.3. The van der Waals surface area contributed by atoms with E-state index >= 15 is 0 Å². The van der Waals surface area contributed by atoms with Crippen molar-refractivity contribution in [1.29, 1.82) is 0 Å². The molecule has 1 unspecified atom stereocenters. The first-order chi connectivity index (χ1) is 13.3. The quantitative estimate of drug-likeness (QED) is 0.727. The molecule has 3 rings (SSSR count). The number of rotatable bonds is 6. The summed E-state index contributed by atoms with van der Waals surface area (Å²) in [6.45, 7) is -1.27. The number of hydrogen-bond acceptors (Lipinski definition) is 4. The highest BCUT2D eigenvalue weighted by Crippen LogP contribution is 2.29. The maximum absolute atomic E-state index is 13.1. The fraction of sp³-hybridized carbons (Fsp3) is 0.368. The summed E-state index contributed by atoms with van der Waals surface area (Å²) in [5.74, 6) is -1.20. The number of anilines is 1. The highest BCUT2D eigenvalue weighted by molar-refractivity contribution is 7.09. The average molecular weight is 412 g/mol. The van der Waals surface area contributed by atoms with Crippen LogP contribution in [-0.2, 0) is 16.1 Å². The van der Waals surface area contributed by atoms with Crippen LogP contribution in [0.1, 0.15) is 11.3 Å². The standard InChI is InChI=1S/C19H19F3N2O3S/c1-27-15-6-4-14(5-7-15)24(11-16-3-2-8-28-16)18(26)13-9-17(25)23(10-13)12-19(20,21)22/h2-8,13H,9-12H2,1H3. The van der Waals surface area contributed by atoms with Crippen molar-refractivity contribution in [1.82, 2.24) is 4.90 Å². The van der Waals surface area contributed by atoms with E-state index in [9.17, 15) is 22.8 Å². The largest absolute Gasteiger partial charge is 0.497 e. The number of amides is 2. The molecule has 1 aliphatic heterocycles. The lowest BCUT2D eigenvalue weighted by atomic mass is 10.1. The summed E-state index contributed by atoms with van der Waals surface area (Å²) in [6, 6.07) is 10.6. The van der Waals surface area contributed by atoms with Crippen LogP contribution in [0.25, 0.3) is 0 Å². The number of thiophene rings is 1. The van der Waals surface area contributed by atoms with Gasteiger partial charge in [-0.1, -0.05) is 6.07 Å². The molecule has 2 amide bonds. The first kappa shape index (κ1) is 20.2. The summed E-state index contributed by atoms with van der Waals surface area (Å²) in [4.78, 5) is 28.2. The number of carbonyl (C=O) groups excluding carboxylic acids is 2. The second-order valence-corrected chi connectivity index (χ2v) is 7.52. The second kappa shape index (κ2) is 8.22. The Kier molecular flexibility index (Phi) is 5.93. The number of nitrogens with zero attached hydrogens (tertiary/aromatic N) is 2. The molecule has 0 aliphatic carbocycles. The Bertz CT molecular complexity index is 822. The minimum absolute atomic E-state index is 0.216. The molecular formula is C19H19F3N2O3S. The van der Waals surface area contributed by atoms with Gasteiger partial charge in [0, 0.05) is 23.5 Å². The van der Waals surface area contributed by atoms with Crippen LogP contribution >= 0.6 is 11.3 Å². The summed E-state index contributed by atoms with van der Waals surface area (Å²) in [6.07, 6.45) is -4.70. The normalized spacial score (nSPS) is 17.1. The maximum Gasteiger partial charge on any atom is 0.406 e. The Morgan fingerprint density at radius 1 is 1.29 bits per heavy atom. The van der Waals surface area contributed by atoms with E-state index in [-0.39, 0.29) is 25.4 Å². The second-order valence-electron chi connectivity index (χ2n) is 6.49. The Balaban J connectivity index is 1.81. The molecule has 1 saturated heterocycles. The van der Waals surface area contributed by atoms with Crippen molar-refractivity contribution in [3.05, 3.63) is 46.7 Å². The minimum Gasteiger partial charge on any atom is -0.497 e. The lowest BCUT2D eigenvalue weighted by Crippen LogP contribution is -2.39. The first-order valence-corrected chi connectivity index (χ1v) is 9.47. The van der Waals surface area contributed by atoms with Crippen LogP contribution in [0.5, 0.6) is 5.75 Å². The monoisotopic (exact) mass is 412 g/mol. The Morgan fingerprint density at radius 3 is 2.57 bits per heavy atom. The number of methoxy groups -OCH3 is 1. The number of alkyl halides is 3. The number of carbonyl (C=O) groups is 2. The van der Waals surface area contributed by atoms with Crippen molar-refractivity contribution in [2.75, 3.05) is 25.1 Å². The van der Waals surface area contributed by atoms with E-state index < -0.39 is 24.5 Å². The van der Waals surface area contributed by atoms with Crippen LogP contribution in [0.15, 0.2) is 41.8 Å². The van der Waals surface area contributed by atoms with Crippen LogP contribution in [0.2, 0.25) is 0 Å². The van der Waals surface area contributed by atoms with E-state index in [0.29, 0.717) is 16.3 Å². The number of likely N-dealkylation sites (tertiary alicyclic amines) is 1. The SMILES string of the molecule is COc1ccc(N(Cc2cccs2)C(=O)C2CC(=O)N(CC(F)(F)F)C2)cc1. The highest BCUT2D eigenvalue weighted by atomic mass is 32.1. The fourth-order valence-corrected chi connectivity index (χ4v) is 3.84. The molecule has 9 heteroatoms. The first-order valence-electron chi connectivity index (χ1n) is 8.59. The van der Waals surface area contributed by atoms with Gasteiger partial charge in [0.15, 0.2) is 0 Å². The molecule has 2 heterocycles. The molecule has 1 atom stereocenters. The smallest absolute Gasteiger partial charge is 0.406 e. The Hall–Kier alpha value is -2.55. The number of halogens is 3. The van der Waals surface area contributed by atoms with Gasteiger partial charge in [-0.3, -0.25) is 9.59 Å². The van der Waals surface area contributed by atoms with Gasteiger partial charge in [-0.15, -0.1) is 11.3 Å². The third-order valence-corrected chi connectivity index (χ3v) is 5.34. The zero-order valence-electron chi connectivity index (χ0n) is 15.1. The molecule has 5 nitrogen and oxygen atoms in total. The van der Waals surface area contributed by atoms with Gasteiger partial charge in [0.1, 0.15) is 12.3 Å². The van der Waals surface area contributed by atoms with Crippen LogP contribution < -0.4 is 9.64 Å². The lowest BCUT2D eigenvalue weighted by Gasteiger charge is -2.26. The van der Waals surface area contributed by atoms with Gasteiger partial charge in [-0.2, -0.15) is 13.2 Å². The van der Waals surface area contributed by atoms with Crippen molar-refractivity contribution in [3.8, 4) is 5.75 Å². The molecule has 0 saturated carbocycles. The maximum atomic E-state index is 13.1. The number of benzene rings is 1. The third-order valence-electron chi connectivity index (χ3n) is 4.48. The van der Waals surface area contributed by atoms with Gasteiger partial charge in [0.2, 0.25) is 11.8 Å².